The first-order chi connectivity index (χ1) is 6.40. The minimum absolute atomic E-state index is 0.391. The highest BCUT2D eigenvalue weighted by atomic mass is 16.4. The number of hydrogen-bond acceptors (Lipinski definition) is 3. The first-order valence-electron chi connectivity index (χ1n) is 3.46. The van der Waals surface area contributed by atoms with Crippen molar-refractivity contribution in [2.75, 3.05) is 0 Å². The number of hydrogen-bond donors (Lipinski definition) is 3. The number of nitrogens with two attached hydrogens (primary N) is 1. The molecule has 0 aromatic heterocycles. The molecule has 0 heterocycles. The van der Waals surface area contributed by atoms with Crippen molar-refractivity contribution in [2.45, 2.75) is 6.92 Å². The summed E-state index contributed by atoms with van der Waals surface area (Å²) in [6.45, 7) is 1.74. The van der Waals surface area contributed by atoms with Crippen molar-refractivity contribution in [3.63, 3.8) is 0 Å². The molecule has 14 heavy (non-hydrogen) atoms. The number of carboxylic acids is 2. The molecule has 0 rings (SSSR count). The third-order valence-corrected chi connectivity index (χ3v) is 0.699. The number of rotatable bonds is 3. The first-order valence-corrected chi connectivity index (χ1v) is 3.46. The largest absolute Gasteiger partial charge is 0.478 e. The Balaban J connectivity index is 0. The summed E-state index contributed by atoms with van der Waals surface area (Å²) in [6, 6.07) is 0. The number of aliphatic carboxylic acids is 2. The van der Waals surface area contributed by atoms with E-state index in [0.717, 1.165) is 0 Å². The van der Waals surface area contributed by atoms with Gasteiger partial charge in [-0.05, 0) is 13.0 Å². The summed E-state index contributed by atoms with van der Waals surface area (Å²) in [5.41, 5.74) is 4.68. The number of amides is 1. The van der Waals surface area contributed by atoms with Crippen LogP contribution in [-0.4, -0.2) is 28.1 Å². The fourth-order valence-electron chi connectivity index (χ4n) is 0.307. The third kappa shape index (κ3) is 22.5. The van der Waals surface area contributed by atoms with E-state index in [0.29, 0.717) is 12.2 Å². The molecule has 0 saturated heterocycles. The van der Waals surface area contributed by atoms with Gasteiger partial charge in [0.05, 0.1) is 0 Å². The molecule has 0 radical (unpaired) electrons. The molecular weight excluding hydrogens is 190 g/mol. The van der Waals surface area contributed by atoms with E-state index in [-0.39, 0.29) is 0 Å². The van der Waals surface area contributed by atoms with E-state index in [1.54, 1.807) is 13.0 Å². The van der Waals surface area contributed by atoms with Crippen LogP contribution in [0.15, 0.2) is 24.3 Å². The van der Waals surface area contributed by atoms with Gasteiger partial charge in [0, 0.05) is 12.2 Å². The molecule has 0 aromatic carbocycles. The van der Waals surface area contributed by atoms with Gasteiger partial charge in [-0.25, -0.2) is 9.59 Å². The standard InChI is InChI=1S/C4H7NO.C4H4O4/c1-2-3-4(5)6;5-3(6)1-2-4(7)8/h2-3H,1H3,(H2,5,6);1-2H,(H,5,6)(H,7,8). The zero-order valence-electron chi connectivity index (χ0n) is 7.51. The van der Waals surface area contributed by atoms with Crippen LogP contribution < -0.4 is 5.73 Å². The van der Waals surface area contributed by atoms with E-state index in [2.05, 4.69) is 5.73 Å². The summed E-state index contributed by atoms with van der Waals surface area (Å²) in [5, 5.41) is 15.6. The van der Waals surface area contributed by atoms with E-state index >= 15 is 0 Å². The first kappa shape index (κ1) is 14.4. The third-order valence-electron chi connectivity index (χ3n) is 0.699. The molecule has 0 aliphatic carbocycles. The van der Waals surface area contributed by atoms with Crippen LogP contribution in [0.3, 0.4) is 0 Å². The van der Waals surface area contributed by atoms with Crippen molar-refractivity contribution in [1.29, 1.82) is 0 Å². The zero-order chi connectivity index (χ0) is 11.6. The van der Waals surface area contributed by atoms with Gasteiger partial charge in [-0.15, -0.1) is 0 Å². The Morgan fingerprint density at radius 3 is 1.43 bits per heavy atom. The van der Waals surface area contributed by atoms with Crippen LogP contribution in [0.1, 0.15) is 6.92 Å². The average Bonchev–Trinajstić information content (AvgIpc) is 2.01. The average molecular weight is 201 g/mol. The van der Waals surface area contributed by atoms with E-state index in [1.165, 1.54) is 6.08 Å². The zero-order valence-corrected chi connectivity index (χ0v) is 7.51. The van der Waals surface area contributed by atoms with Crippen LogP contribution in [0, 0.1) is 0 Å². The molecule has 0 spiro atoms. The molecule has 0 aliphatic heterocycles. The summed E-state index contributed by atoms with van der Waals surface area (Å²) in [7, 11) is 0. The van der Waals surface area contributed by atoms with Crippen molar-refractivity contribution in [1.82, 2.24) is 0 Å². The molecule has 0 saturated carbocycles. The molecule has 1 amide bonds. The van der Waals surface area contributed by atoms with E-state index in [9.17, 15) is 14.4 Å². The highest BCUT2D eigenvalue weighted by Gasteiger charge is 1.88. The van der Waals surface area contributed by atoms with Crippen LogP contribution in [0.4, 0.5) is 0 Å². The highest BCUT2D eigenvalue weighted by molar-refractivity contribution is 5.89. The lowest BCUT2D eigenvalue weighted by Crippen LogP contribution is -2.04. The fraction of sp³-hybridized carbons (Fsp3) is 0.125. The van der Waals surface area contributed by atoms with Gasteiger partial charge in [0.1, 0.15) is 0 Å². The Labute approximate surface area is 80.3 Å². The second-order valence-corrected chi connectivity index (χ2v) is 1.91. The summed E-state index contributed by atoms with van der Waals surface area (Å²) < 4.78 is 0. The predicted octanol–water partition coefficient (Wildman–Crippen LogP) is -0.240. The molecule has 6 heteroatoms. The van der Waals surface area contributed by atoms with Crippen LogP contribution in [0.25, 0.3) is 0 Å². The molecule has 6 nitrogen and oxygen atoms in total. The van der Waals surface area contributed by atoms with Crippen molar-refractivity contribution in [3.8, 4) is 0 Å². The second-order valence-electron chi connectivity index (χ2n) is 1.91. The van der Waals surface area contributed by atoms with Crippen LogP contribution >= 0.6 is 0 Å². The molecular formula is C8H11NO5. The van der Waals surface area contributed by atoms with Crippen molar-refractivity contribution in [2.24, 2.45) is 5.73 Å². The molecule has 0 aromatic rings. The minimum atomic E-state index is -1.26. The van der Waals surface area contributed by atoms with Crippen molar-refractivity contribution in [3.05, 3.63) is 24.3 Å². The number of carbonyl (C=O) groups is 3. The van der Waals surface area contributed by atoms with Gasteiger partial charge in [0.15, 0.2) is 0 Å². The lowest BCUT2D eigenvalue weighted by atomic mass is 10.5. The highest BCUT2D eigenvalue weighted by Crippen LogP contribution is 1.70. The Morgan fingerprint density at radius 1 is 1.00 bits per heavy atom. The summed E-state index contributed by atoms with van der Waals surface area (Å²) in [4.78, 5) is 28.8. The Hall–Kier alpha value is -2.11. The second kappa shape index (κ2) is 8.98. The van der Waals surface area contributed by atoms with E-state index in [4.69, 9.17) is 10.2 Å². The molecule has 4 N–H and O–H groups in total. The number of carboxylic acid groups (broad SMARTS) is 2. The molecule has 0 bridgehead atoms. The molecule has 78 valence electrons. The van der Waals surface area contributed by atoms with Crippen LogP contribution in [-0.2, 0) is 14.4 Å². The van der Waals surface area contributed by atoms with E-state index < -0.39 is 17.8 Å². The SMILES string of the molecule is CC=CC(N)=O.O=C(O)C=CC(=O)O. The van der Waals surface area contributed by atoms with Gasteiger partial charge < -0.3 is 15.9 Å². The monoisotopic (exact) mass is 201 g/mol. The smallest absolute Gasteiger partial charge is 0.328 e. The quantitative estimate of drug-likeness (QED) is 0.544. The number of carbonyl (C=O) groups excluding carboxylic acids is 1. The Bertz CT molecular complexity index is 251. The topological polar surface area (TPSA) is 118 Å². The maximum atomic E-state index is 9.73. The van der Waals surface area contributed by atoms with Gasteiger partial charge in [0.25, 0.3) is 0 Å². The summed E-state index contributed by atoms with van der Waals surface area (Å²) in [6.07, 6.45) is 4.02. The normalized spacial score (nSPS) is 9.50. The molecule has 0 atom stereocenters. The predicted molar refractivity (Wildman–Crippen MR) is 48.4 cm³/mol. The minimum Gasteiger partial charge on any atom is -0.478 e. The molecule has 0 fully saturated rings. The maximum Gasteiger partial charge on any atom is 0.328 e. The van der Waals surface area contributed by atoms with Gasteiger partial charge >= 0.3 is 11.9 Å². The Morgan fingerprint density at radius 2 is 1.36 bits per heavy atom. The van der Waals surface area contributed by atoms with Gasteiger partial charge in [-0.1, -0.05) is 6.08 Å². The molecule has 0 aliphatic rings. The summed E-state index contributed by atoms with van der Waals surface area (Å²) in [5.74, 6) is -2.91. The van der Waals surface area contributed by atoms with Crippen LogP contribution in [0.5, 0.6) is 0 Å². The summed E-state index contributed by atoms with van der Waals surface area (Å²) >= 11 is 0. The van der Waals surface area contributed by atoms with Gasteiger partial charge in [-0.2, -0.15) is 0 Å². The Kier molecular flexibility index (Phi) is 9.25. The van der Waals surface area contributed by atoms with E-state index in [1.807, 2.05) is 0 Å². The van der Waals surface area contributed by atoms with Crippen molar-refractivity contribution < 1.29 is 24.6 Å². The van der Waals surface area contributed by atoms with Gasteiger partial charge in [-0.3, -0.25) is 4.79 Å². The molecule has 0 unspecified atom stereocenters. The number of primary amides is 1. The van der Waals surface area contributed by atoms with Gasteiger partial charge in [0.2, 0.25) is 5.91 Å². The van der Waals surface area contributed by atoms with Crippen molar-refractivity contribution >= 4 is 17.8 Å². The lowest BCUT2D eigenvalue weighted by Gasteiger charge is -1.74. The lowest BCUT2D eigenvalue weighted by molar-refractivity contribution is -0.134. The fourth-order valence-corrected chi connectivity index (χ4v) is 0.307. The van der Waals surface area contributed by atoms with Crippen LogP contribution in [0.2, 0.25) is 0 Å². The maximum absolute atomic E-state index is 9.73. The number of allylic oxidation sites excluding steroid dienone is 1.